The Labute approximate surface area is 207 Å². The number of aryl methyl sites for hydroxylation is 1. The number of nitrogens with zero attached hydrogens (tertiary/aromatic N) is 5. The molecule has 0 amide bonds. The number of rotatable bonds is 7. The third-order valence-electron chi connectivity index (χ3n) is 5.44. The highest BCUT2D eigenvalue weighted by atomic mass is 35.5. The van der Waals surface area contributed by atoms with Crippen LogP contribution in [0, 0.1) is 6.92 Å². The van der Waals surface area contributed by atoms with Gasteiger partial charge >= 0.3 is 11.9 Å². The second-order valence-electron chi connectivity index (χ2n) is 7.82. The van der Waals surface area contributed by atoms with Gasteiger partial charge in [-0.3, -0.25) is 4.57 Å². The van der Waals surface area contributed by atoms with Gasteiger partial charge in [-0.05, 0) is 49.9 Å². The van der Waals surface area contributed by atoms with Crippen LogP contribution in [-0.4, -0.2) is 41.7 Å². The molecule has 3 aromatic heterocycles. The van der Waals surface area contributed by atoms with Gasteiger partial charge in [-0.15, -0.1) is 5.10 Å². The van der Waals surface area contributed by atoms with Crippen molar-refractivity contribution < 1.29 is 27.8 Å². The first kappa shape index (κ1) is 25.5. The van der Waals surface area contributed by atoms with Gasteiger partial charge in [0.15, 0.2) is 22.8 Å². The fraction of sp³-hybridized carbons (Fsp3) is 0.304. The van der Waals surface area contributed by atoms with Crippen LogP contribution in [0.3, 0.4) is 0 Å². The minimum absolute atomic E-state index is 0.0461. The highest BCUT2D eigenvalue weighted by Gasteiger charge is 2.38. The van der Waals surface area contributed by atoms with Crippen molar-refractivity contribution in [3.05, 3.63) is 63.7 Å². The minimum Gasteiger partial charge on any atom is -0.480 e. The average Bonchev–Trinajstić information content (AvgIpc) is 3.16. The molecule has 0 fully saturated rings. The number of benzene rings is 1. The summed E-state index contributed by atoms with van der Waals surface area (Å²) in [5, 5.41) is 14.2. The molecule has 1 atom stereocenters. The van der Waals surface area contributed by atoms with Crippen molar-refractivity contribution in [3.8, 4) is 23.1 Å². The van der Waals surface area contributed by atoms with Gasteiger partial charge in [0.2, 0.25) is 5.88 Å². The van der Waals surface area contributed by atoms with E-state index in [1.165, 1.54) is 35.2 Å². The molecule has 1 N–H and O–H groups in total. The molecule has 0 unspecified atom stereocenters. The highest BCUT2D eigenvalue weighted by molar-refractivity contribution is 6.31. The Hall–Kier alpha value is -3.64. The van der Waals surface area contributed by atoms with E-state index in [2.05, 4.69) is 15.1 Å². The Morgan fingerprint density at radius 1 is 1.19 bits per heavy atom. The van der Waals surface area contributed by atoms with E-state index in [1.807, 2.05) is 0 Å². The van der Waals surface area contributed by atoms with Gasteiger partial charge in [-0.25, -0.2) is 14.8 Å². The number of aliphatic hydroxyl groups is 1. The lowest BCUT2D eigenvalue weighted by atomic mass is 10.1. The summed E-state index contributed by atoms with van der Waals surface area (Å²) in [4.78, 5) is 21.0. The molecule has 0 saturated carbocycles. The molecule has 0 saturated heterocycles. The fourth-order valence-corrected chi connectivity index (χ4v) is 3.80. The Morgan fingerprint density at radius 3 is 2.53 bits per heavy atom. The predicted octanol–water partition coefficient (Wildman–Crippen LogP) is 4.57. The quantitative estimate of drug-likeness (QED) is 0.354. The molecular weight excluding hydrogens is 503 g/mol. The first-order chi connectivity index (χ1) is 17.0. The topological polar surface area (TPSA) is 104 Å². The summed E-state index contributed by atoms with van der Waals surface area (Å²) in [5.74, 6) is -0.0155. The van der Waals surface area contributed by atoms with E-state index < -0.39 is 24.6 Å². The maximum absolute atomic E-state index is 13.4. The summed E-state index contributed by atoms with van der Waals surface area (Å²) in [6, 6.07) is 5.96. The van der Waals surface area contributed by atoms with Crippen molar-refractivity contribution in [1.82, 2.24) is 24.3 Å². The zero-order valence-electron chi connectivity index (χ0n) is 19.4. The van der Waals surface area contributed by atoms with Crippen LogP contribution in [-0.2, 0) is 13.2 Å². The molecule has 0 aliphatic carbocycles. The number of halogens is 4. The summed E-state index contributed by atoms with van der Waals surface area (Å²) < 4.78 is 53.7. The molecular formula is C23H21ClF3N5O4. The van der Waals surface area contributed by atoms with Crippen molar-refractivity contribution in [2.75, 3.05) is 0 Å². The van der Waals surface area contributed by atoms with E-state index in [-0.39, 0.29) is 46.0 Å². The maximum Gasteiger partial charge on any atom is 0.425 e. The van der Waals surface area contributed by atoms with E-state index in [9.17, 15) is 23.1 Å². The number of aromatic nitrogens is 5. The van der Waals surface area contributed by atoms with Crippen molar-refractivity contribution in [1.29, 1.82) is 0 Å². The summed E-state index contributed by atoms with van der Waals surface area (Å²) in [6.45, 7) is 4.03. The second kappa shape index (κ2) is 9.78. The highest BCUT2D eigenvalue weighted by Crippen LogP contribution is 2.40. The normalized spacial score (nSPS) is 12.7. The lowest BCUT2D eigenvalue weighted by molar-refractivity contribution is -0.189. The maximum atomic E-state index is 13.4. The number of hydrogen-bond acceptors (Lipinski definition) is 7. The molecule has 4 aromatic rings. The second-order valence-corrected chi connectivity index (χ2v) is 8.18. The van der Waals surface area contributed by atoms with Crippen LogP contribution < -0.4 is 15.2 Å². The SMILES string of the molecule is CCn1c(CO)nn(-c2cc(O[C@@H](C)C(F)(F)F)c3c(Oc4c(C)ccnc4Cl)nccc3c2)c1=O. The van der Waals surface area contributed by atoms with Crippen LogP contribution in [0.2, 0.25) is 5.15 Å². The zero-order chi connectivity index (χ0) is 26.2. The van der Waals surface area contributed by atoms with Crippen LogP contribution in [0.15, 0.2) is 41.5 Å². The molecule has 3 heterocycles. The van der Waals surface area contributed by atoms with E-state index in [1.54, 1.807) is 19.9 Å². The first-order valence-corrected chi connectivity index (χ1v) is 11.2. The van der Waals surface area contributed by atoms with Gasteiger partial charge in [0, 0.05) is 25.0 Å². The van der Waals surface area contributed by atoms with Gasteiger partial charge in [-0.2, -0.15) is 17.9 Å². The van der Waals surface area contributed by atoms with Crippen molar-refractivity contribution in [2.45, 2.75) is 46.2 Å². The number of hydrogen-bond donors (Lipinski definition) is 1. The third-order valence-corrected chi connectivity index (χ3v) is 5.71. The van der Waals surface area contributed by atoms with Crippen LogP contribution >= 0.6 is 11.6 Å². The summed E-state index contributed by atoms with van der Waals surface area (Å²) >= 11 is 6.17. The molecule has 0 bridgehead atoms. The van der Waals surface area contributed by atoms with Crippen LogP contribution in [0.5, 0.6) is 17.4 Å². The van der Waals surface area contributed by atoms with Crippen LogP contribution in [0.25, 0.3) is 16.5 Å². The van der Waals surface area contributed by atoms with Gasteiger partial charge in [0.1, 0.15) is 12.4 Å². The van der Waals surface area contributed by atoms with Gasteiger partial charge < -0.3 is 14.6 Å². The molecule has 1 aromatic carbocycles. The van der Waals surface area contributed by atoms with Gasteiger partial charge in [0.25, 0.3) is 0 Å². The number of aliphatic hydroxyl groups excluding tert-OH is 1. The average molecular weight is 524 g/mol. The molecule has 4 rings (SSSR count). The monoisotopic (exact) mass is 523 g/mol. The number of pyridine rings is 2. The first-order valence-electron chi connectivity index (χ1n) is 10.8. The minimum atomic E-state index is -4.67. The standard InChI is InChI=1S/C23H21ClF3N5O4/c1-4-31-17(11-33)30-32(22(31)34)15-9-14-6-8-29-21(36-19-12(2)5-7-28-20(19)24)18(14)16(10-15)35-13(3)23(25,26)27/h5-10,13,33H,4,11H2,1-3H3/t13-/m0/s1. The number of alkyl halides is 3. The predicted molar refractivity (Wildman–Crippen MR) is 125 cm³/mol. The Morgan fingerprint density at radius 2 is 1.92 bits per heavy atom. The van der Waals surface area contributed by atoms with Gasteiger partial charge in [0.05, 0.1) is 11.1 Å². The lowest BCUT2D eigenvalue weighted by Crippen LogP contribution is -2.31. The van der Waals surface area contributed by atoms with Gasteiger partial charge in [-0.1, -0.05) is 11.6 Å². The van der Waals surface area contributed by atoms with Crippen molar-refractivity contribution in [2.24, 2.45) is 0 Å². The van der Waals surface area contributed by atoms with E-state index in [0.717, 1.165) is 11.6 Å². The van der Waals surface area contributed by atoms with E-state index in [4.69, 9.17) is 21.1 Å². The molecule has 0 aliphatic heterocycles. The molecule has 0 radical (unpaired) electrons. The van der Waals surface area contributed by atoms with Crippen molar-refractivity contribution in [3.63, 3.8) is 0 Å². The molecule has 9 nitrogen and oxygen atoms in total. The Bertz CT molecular complexity index is 1470. The van der Waals surface area contributed by atoms with E-state index >= 15 is 0 Å². The molecule has 36 heavy (non-hydrogen) atoms. The molecule has 0 spiro atoms. The summed E-state index contributed by atoms with van der Waals surface area (Å²) in [7, 11) is 0. The van der Waals surface area contributed by atoms with Crippen LogP contribution in [0.4, 0.5) is 13.2 Å². The summed E-state index contributed by atoms with van der Waals surface area (Å²) in [6.07, 6.45) is -3.98. The Kier molecular flexibility index (Phi) is 6.92. The largest absolute Gasteiger partial charge is 0.480 e. The lowest BCUT2D eigenvalue weighted by Gasteiger charge is -2.20. The smallest absolute Gasteiger partial charge is 0.425 e. The molecule has 0 aliphatic rings. The number of ether oxygens (including phenoxy) is 2. The fourth-order valence-electron chi connectivity index (χ4n) is 3.55. The van der Waals surface area contributed by atoms with Crippen molar-refractivity contribution >= 4 is 22.4 Å². The number of fused-ring (bicyclic) bond motifs is 1. The van der Waals surface area contributed by atoms with Crippen LogP contribution in [0.1, 0.15) is 25.2 Å². The van der Waals surface area contributed by atoms with E-state index in [0.29, 0.717) is 10.9 Å². The zero-order valence-corrected chi connectivity index (χ0v) is 20.1. The molecule has 13 heteroatoms. The molecule has 190 valence electrons. The Balaban J connectivity index is 1.95. The third kappa shape index (κ3) is 4.73. The summed E-state index contributed by atoms with van der Waals surface area (Å²) in [5.41, 5.74) is 0.190.